The van der Waals surface area contributed by atoms with Crippen LogP contribution in [0.1, 0.15) is 13.8 Å². The van der Waals surface area contributed by atoms with Crippen LogP contribution in [-0.4, -0.2) is 25.3 Å². The molecule has 0 saturated carbocycles. The number of carbonyl (C=O) groups excluding carboxylic acids is 1. The maximum absolute atomic E-state index is 12.5. The quantitative estimate of drug-likeness (QED) is 0.784. The Balaban J connectivity index is 1.75. The molecule has 6 nitrogen and oxygen atoms in total. The number of rotatable bonds is 4. The highest BCUT2D eigenvalue weighted by molar-refractivity contribution is 7.03. The molecule has 0 unspecified atom stereocenters. The van der Waals surface area contributed by atoms with Gasteiger partial charge in [0, 0.05) is 22.8 Å². The van der Waals surface area contributed by atoms with Crippen molar-refractivity contribution in [3.63, 3.8) is 0 Å². The van der Waals surface area contributed by atoms with Gasteiger partial charge >= 0.3 is 0 Å². The predicted molar refractivity (Wildman–Crippen MR) is 90.5 cm³/mol. The van der Waals surface area contributed by atoms with Crippen molar-refractivity contribution in [1.29, 1.82) is 0 Å². The summed E-state index contributed by atoms with van der Waals surface area (Å²) in [5, 5.41) is 13.4. The van der Waals surface area contributed by atoms with Gasteiger partial charge in [0.25, 0.3) is 5.91 Å². The Kier molecular flexibility index (Phi) is 4.14. The molecule has 3 aromatic rings. The van der Waals surface area contributed by atoms with Gasteiger partial charge in [-0.25, -0.2) is 0 Å². The van der Waals surface area contributed by atoms with E-state index in [1.165, 1.54) is 17.7 Å². The fourth-order valence-electron chi connectivity index (χ4n) is 2.01. The molecule has 1 amide bonds. The minimum absolute atomic E-state index is 0.180. The summed E-state index contributed by atoms with van der Waals surface area (Å²) < 4.78 is 5.38. The van der Waals surface area contributed by atoms with E-state index in [4.69, 9.17) is 11.6 Å². The van der Waals surface area contributed by atoms with Crippen LogP contribution in [0.4, 0.5) is 5.69 Å². The van der Waals surface area contributed by atoms with Crippen molar-refractivity contribution < 1.29 is 4.79 Å². The summed E-state index contributed by atoms with van der Waals surface area (Å²) in [5.74, 6) is -0.180. The minimum Gasteiger partial charge on any atom is -0.324 e. The van der Waals surface area contributed by atoms with Crippen LogP contribution in [0.3, 0.4) is 0 Å². The predicted octanol–water partition coefficient (Wildman–Crippen LogP) is 3.43. The second kappa shape index (κ2) is 6.10. The minimum atomic E-state index is -0.857. The van der Waals surface area contributed by atoms with Gasteiger partial charge in [0.15, 0.2) is 0 Å². The molecule has 0 spiro atoms. The number of nitrogens with zero attached hydrogens (tertiary/aromatic N) is 4. The number of nitrogens with one attached hydrogen (secondary N) is 1. The van der Waals surface area contributed by atoms with Crippen LogP contribution in [0.15, 0.2) is 42.0 Å². The molecule has 8 heteroatoms. The van der Waals surface area contributed by atoms with E-state index >= 15 is 0 Å². The number of hydrogen-bond acceptors (Lipinski definition) is 5. The maximum atomic E-state index is 12.5. The molecule has 0 aliphatic carbocycles. The van der Waals surface area contributed by atoms with Crippen molar-refractivity contribution in [2.24, 2.45) is 0 Å². The number of amides is 1. The summed E-state index contributed by atoms with van der Waals surface area (Å²) in [6.45, 7) is 3.56. The van der Waals surface area contributed by atoms with Gasteiger partial charge < -0.3 is 5.32 Å². The molecule has 0 atom stereocenters. The van der Waals surface area contributed by atoms with Gasteiger partial charge in [-0.1, -0.05) is 28.2 Å². The van der Waals surface area contributed by atoms with Crippen molar-refractivity contribution in [2.45, 2.75) is 19.4 Å². The molecule has 2 aromatic heterocycles. The van der Waals surface area contributed by atoms with Crippen LogP contribution in [0.5, 0.6) is 0 Å². The Bertz CT molecular complexity index is 811. The van der Waals surface area contributed by atoms with Crippen LogP contribution in [0.2, 0.25) is 5.02 Å². The third-order valence-electron chi connectivity index (χ3n) is 3.48. The first-order chi connectivity index (χ1) is 11.0. The Morgan fingerprint density at radius 1 is 1.30 bits per heavy atom. The first-order valence-electron chi connectivity index (χ1n) is 6.86. The van der Waals surface area contributed by atoms with E-state index < -0.39 is 5.54 Å². The van der Waals surface area contributed by atoms with Gasteiger partial charge in [-0.15, -0.1) is 5.10 Å². The molecule has 0 aliphatic heterocycles. The van der Waals surface area contributed by atoms with E-state index in [0.717, 1.165) is 11.3 Å². The molecule has 0 aliphatic rings. The highest BCUT2D eigenvalue weighted by Crippen LogP contribution is 2.23. The van der Waals surface area contributed by atoms with Gasteiger partial charge in [-0.05, 0) is 37.5 Å². The SMILES string of the molecule is CC(C)(C(=O)Nc1ccc(-c2csnn2)cc1)n1cc(Cl)cn1. The maximum Gasteiger partial charge on any atom is 0.251 e. The summed E-state index contributed by atoms with van der Waals surface area (Å²) in [6.07, 6.45) is 3.13. The van der Waals surface area contributed by atoms with E-state index in [2.05, 4.69) is 20.0 Å². The van der Waals surface area contributed by atoms with E-state index in [1.807, 2.05) is 29.6 Å². The molecule has 3 rings (SSSR count). The molecule has 1 aromatic carbocycles. The average Bonchev–Trinajstić information content (AvgIpc) is 3.19. The standard InChI is InChI=1S/C15H14ClN5OS/c1-15(2,21-8-11(16)7-17-21)14(22)18-12-5-3-10(4-6-12)13-9-23-20-19-13/h3-9H,1-2H3,(H,18,22). The molecular formula is C15H14ClN5OS. The van der Waals surface area contributed by atoms with Gasteiger partial charge in [-0.2, -0.15) is 5.10 Å². The topological polar surface area (TPSA) is 72.7 Å². The fraction of sp³-hybridized carbons (Fsp3) is 0.200. The molecule has 0 radical (unpaired) electrons. The van der Waals surface area contributed by atoms with Crippen LogP contribution in [0, 0.1) is 0 Å². The van der Waals surface area contributed by atoms with Gasteiger partial charge in [0.05, 0.1) is 11.2 Å². The molecule has 0 saturated heterocycles. The molecule has 0 bridgehead atoms. The van der Waals surface area contributed by atoms with E-state index in [9.17, 15) is 4.79 Å². The second-order valence-corrected chi connectivity index (χ2v) is 6.53. The molecule has 2 heterocycles. The van der Waals surface area contributed by atoms with Crippen molar-refractivity contribution >= 4 is 34.7 Å². The zero-order valence-electron chi connectivity index (χ0n) is 12.5. The summed E-state index contributed by atoms with van der Waals surface area (Å²) in [5.41, 5.74) is 1.62. The highest BCUT2D eigenvalue weighted by Gasteiger charge is 2.30. The monoisotopic (exact) mass is 347 g/mol. The summed E-state index contributed by atoms with van der Waals surface area (Å²) >= 11 is 7.17. The Morgan fingerprint density at radius 2 is 2.04 bits per heavy atom. The molecule has 118 valence electrons. The van der Waals surface area contributed by atoms with Gasteiger partial charge in [-0.3, -0.25) is 9.48 Å². The third-order valence-corrected chi connectivity index (χ3v) is 4.18. The molecular weight excluding hydrogens is 334 g/mol. The zero-order chi connectivity index (χ0) is 16.4. The van der Waals surface area contributed by atoms with Crippen molar-refractivity contribution in [1.82, 2.24) is 19.4 Å². The second-order valence-electron chi connectivity index (χ2n) is 5.48. The van der Waals surface area contributed by atoms with Crippen molar-refractivity contribution in [3.8, 4) is 11.3 Å². The first kappa shape index (κ1) is 15.6. The van der Waals surface area contributed by atoms with Crippen molar-refractivity contribution in [2.75, 3.05) is 5.32 Å². The van der Waals surface area contributed by atoms with Crippen LogP contribution in [-0.2, 0) is 10.3 Å². The normalized spacial score (nSPS) is 11.4. The third kappa shape index (κ3) is 3.25. The number of benzene rings is 1. The highest BCUT2D eigenvalue weighted by atomic mass is 35.5. The average molecular weight is 348 g/mol. The Hall–Kier alpha value is -2.25. The van der Waals surface area contributed by atoms with Crippen LogP contribution >= 0.6 is 23.1 Å². The summed E-state index contributed by atoms with van der Waals surface area (Å²) in [4.78, 5) is 12.5. The van der Waals surface area contributed by atoms with Gasteiger partial charge in [0.2, 0.25) is 0 Å². The lowest BCUT2D eigenvalue weighted by Crippen LogP contribution is -2.40. The Morgan fingerprint density at radius 3 is 2.61 bits per heavy atom. The molecule has 1 N–H and O–H groups in total. The largest absolute Gasteiger partial charge is 0.324 e. The zero-order valence-corrected chi connectivity index (χ0v) is 14.1. The number of aromatic nitrogens is 4. The van der Waals surface area contributed by atoms with E-state index in [1.54, 1.807) is 24.7 Å². The summed E-state index contributed by atoms with van der Waals surface area (Å²) in [7, 11) is 0. The summed E-state index contributed by atoms with van der Waals surface area (Å²) in [6, 6.07) is 7.45. The van der Waals surface area contributed by atoms with Crippen LogP contribution < -0.4 is 5.32 Å². The lowest BCUT2D eigenvalue weighted by atomic mass is 10.0. The molecule has 0 fully saturated rings. The Labute approximate surface area is 142 Å². The smallest absolute Gasteiger partial charge is 0.251 e. The van der Waals surface area contributed by atoms with E-state index in [0.29, 0.717) is 10.7 Å². The number of anilines is 1. The lowest BCUT2D eigenvalue weighted by molar-refractivity contribution is -0.123. The number of hydrogen-bond donors (Lipinski definition) is 1. The lowest BCUT2D eigenvalue weighted by Gasteiger charge is -2.24. The van der Waals surface area contributed by atoms with Gasteiger partial charge in [0.1, 0.15) is 11.2 Å². The van der Waals surface area contributed by atoms with Crippen molar-refractivity contribution in [3.05, 3.63) is 47.1 Å². The van der Waals surface area contributed by atoms with E-state index in [-0.39, 0.29) is 5.91 Å². The van der Waals surface area contributed by atoms with Crippen LogP contribution in [0.25, 0.3) is 11.3 Å². The molecule has 23 heavy (non-hydrogen) atoms. The first-order valence-corrected chi connectivity index (χ1v) is 8.08. The fourth-order valence-corrected chi connectivity index (χ4v) is 2.61. The number of carbonyl (C=O) groups is 1. The number of halogens is 1.